The normalized spacial score (nSPS) is 22.6. The predicted octanol–water partition coefficient (Wildman–Crippen LogP) is 2.67. The molecule has 2 rings (SSSR count). The predicted molar refractivity (Wildman–Crippen MR) is 87.9 cm³/mol. The van der Waals surface area contributed by atoms with Gasteiger partial charge in [-0.05, 0) is 32.9 Å². The maximum atomic E-state index is 12.8. The van der Waals surface area contributed by atoms with E-state index in [1.54, 1.807) is 11.3 Å². The Hall–Kier alpha value is -0.940. The maximum Gasteiger partial charge on any atom is 0.265 e. The van der Waals surface area contributed by atoms with Crippen LogP contribution in [0, 0.1) is 18.8 Å². The molecule has 1 aromatic rings. The molecule has 1 fully saturated rings. The van der Waals surface area contributed by atoms with Crippen LogP contribution in [-0.2, 0) is 6.42 Å². The van der Waals surface area contributed by atoms with Gasteiger partial charge in [-0.3, -0.25) is 4.79 Å². The Kier molecular flexibility index (Phi) is 5.04. The lowest BCUT2D eigenvalue weighted by Crippen LogP contribution is -2.35. The zero-order chi connectivity index (χ0) is 15.7. The Bertz CT molecular complexity index is 510. The second-order valence-corrected chi connectivity index (χ2v) is 7.92. The molecule has 0 N–H and O–H groups in total. The van der Waals surface area contributed by atoms with Gasteiger partial charge in [-0.2, -0.15) is 0 Å². The summed E-state index contributed by atoms with van der Waals surface area (Å²) < 4.78 is 0. The molecule has 0 radical (unpaired) electrons. The highest BCUT2D eigenvalue weighted by molar-refractivity contribution is 7.13. The van der Waals surface area contributed by atoms with Crippen LogP contribution < -0.4 is 0 Å². The summed E-state index contributed by atoms with van der Waals surface area (Å²) in [6.45, 7) is 10.2. The average Bonchev–Trinajstić information content (AvgIpc) is 2.91. The number of hydrogen-bond donors (Lipinski definition) is 0. The summed E-state index contributed by atoms with van der Waals surface area (Å²) in [7, 11) is 4.18. The van der Waals surface area contributed by atoms with E-state index in [0.717, 1.165) is 35.1 Å². The van der Waals surface area contributed by atoms with Gasteiger partial charge in [-0.15, -0.1) is 11.3 Å². The third-order valence-corrected chi connectivity index (χ3v) is 5.31. The molecular weight excluding hydrogens is 282 g/mol. The number of rotatable bonds is 4. The fourth-order valence-electron chi connectivity index (χ4n) is 3.02. The van der Waals surface area contributed by atoms with Crippen LogP contribution in [0.5, 0.6) is 0 Å². The van der Waals surface area contributed by atoms with E-state index in [9.17, 15) is 4.79 Å². The third-order valence-electron chi connectivity index (χ3n) is 4.14. The number of amides is 1. The lowest BCUT2D eigenvalue weighted by molar-refractivity contribution is 0.0785. The smallest absolute Gasteiger partial charge is 0.265 e. The maximum absolute atomic E-state index is 12.8. The molecule has 1 saturated heterocycles. The number of aromatic nitrogens is 1. The van der Waals surface area contributed by atoms with Crippen LogP contribution in [0.15, 0.2) is 0 Å². The van der Waals surface area contributed by atoms with Crippen LogP contribution in [0.1, 0.15) is 41.1 Å². The summed E-state index contributed by atoms with van der Waals surface area (Å²) in [5.41, 5.74) is 0.890. The van der Waals surface area contributed by atoms with Crippen LogP contribution in [0.4, 0.5) is 0 Å². The number of carbonyl (C=O) groups is 1. The number of likely N-dealkylation sites (tertiary alicyclic amines) is 1. The van der Waals surface area contributed by atoms with Crippen molar-refractivity contribution in [2.45, 2.75) is 40.2 Å². The van der Waals surface area contributed by atoms with Crippen molar-refractivity contribution < 1.29 is 4.79 Å². The minimum atomic E-state index is 0.163. The van der Waals surface area contributed by atoms with Crippen molar-refractivity contribution in [3.8, 4) is 0 Å². The molecule has 1 aliphatic heterocycles. The lowest BCUT2D eigenvalue weighted by Gasteiger charge is -2.22. The lowest BCUT2D eigenvalue weighted by atomic mass is 10.1. The monoisotopic (exact) mass is 309 g/mol. The van der Waals surface area contributed by atoms with Crippen LogP contribution in [0.2, 0.25) is 0 Å². The zero-order valence-corrected chi connectivity index (χ0v) is 14.8. The molecule has 1 aromatic heterocycles. The Morgan fingerprint density at radius 2 is 2.10 bits per heavy atom. The summed E-state index contributed by atoms with van der Waals surface area (Å²) in [5.74, 6) is 1.26. The Morgan fingerprint density at radius 1 is 1.43 bits per heavy atom. The van der Waals surface area contributed by atoms with Crippen molar-refractivity contribution in [1.29, 1.82) is 0 Å². The Labute approximate surface area is 132 Å². The van der Waals surface area contributed by atoms with E-state index in [2.05, 4.69) is 44.8 Å². The number of thiazole rings is 1. The summed E-state index contributed by atoms with van der Waals surface area (Å²) in [5, 5.41) is 1.09. The Balaban J connectivity index is 2.12. The van der Waals surface area contributed by atoms with Gasteiger partial charge < -0.3 is 9.80 Å². The standard InChI is InChI=1S/C16H27N3OS/c1-10(2)7-14-17-12(4)15(21-14)16(20)19-8-11(3)13(9-19)18(5)6/h10-11,13H,7-9H2,1-6H3/t11-,13-/m1/s1. The molecule has 0 bridgehead atoms. The first-order chi connectivity index (χ1) is 9.79. The molecule has 4 nitrogen and oxygen atoms in total. The van der Waals surface area contributed by atoms with Gasteiger partial charge in [-0.1, -0.05) is 20.8 Å². The molecule has 21 heavy (non-hydrogen) atoms. The largest absolute Gasteiger partial charge is 0.336 e. The van der Waals surface area contributed by atoms with Crippen molar-refractivity contribution in [1.82, 2.24) is 14.8 Å². The van der Waals surface area contributed by atoms with E-state index < -0.39 is 0 Å². The topological polar surface area (TPSA) is 36.4 Å². The van der Waals surface area contributed by atoms with E-state index in [0.29, 0.717) is 17.9 Å². The van der Waals surface area contributed by atoms with Crippen molar-refractivity contribution in [2.75, 3.05) is 27.2 Å². The van der Waals surface area contributed by atoms with Crippen molar-refractivity contribution >= 4 is 17.2 Å². The van der Waals surface area contributed by atoms with Crippen LogP contribution in [-0.4, -0.2) is 53.9 Å². The van der Waals surface area contributed by atoms with Crippen molar-refractivity contribution in [3.63, 3.8) is 0 Å². The first-order valence-corrected chi connectivity index (χ1v) is 8.53. The Morgan fingerprint density at radius 3 is 2.62 bits per heavy atom. The summed E-state index contributed by atoms with van der Waals surface area (Å²) in [4.78, 5) is 22.4. The molecule has 118 valence electrons. The fourth-order valence-corrected chi connectivity index (χ4v) is 4.26. The molecule has 2 heterocycles. The van der Waals surface area contributed by atoms with E-state index in [1.165, 1.54) is 0 Å². The molecule has 0 saturated carbocycles. The minimum Gasteiger partial charge on any atom is -0.336 e. The fraction of sp³-hybridized carbons (Fsp3) is 0.750. The number of hydrogen-bond acceptors (Lipinski definition) is 4. The zero-order valence-electron chi connectivity index (χ0n) is 14.0. The first kappa shape index (κ1) is 16.4. The quantitative estimate of drug-likeness (QED) is 0.858. The van der Waals surface area contributed by atoms with Gasteiger partial charge in [0.05, 0.1) is 10.7 Å². The molecule has 0 aromatic carbocycles. The molecule has 0 aliphatic carbocycles. The van der Waals surface area contributed by atoms with E-state index in [-0.39, 0.29) is 5.91 Å². The second kappa shape index (κ2) is 6.44. The van der Waals surface area contributed by atoms with Gasteiger partial charge in [0.25, 0.3) is 5.91 Å². The highest BCUT2D eigenvalue weighted by Gasteiger charge is 2.35. The number of carbonyl (C=O) groups excluding carboxylic acids is 1. The summed E-state index contributed by atoms with van der Waals surface area (Å²) >= 11 is 1.58. The van der Waals surface area contributed by atoms with Crippen LogP contribution >= 0.6 is 11.3 Å². The molecule has 0 spiro atoms. The van der Waals surface area contributed by atoms with Crippen molar-refractivity contribution in [2.24, 2.45) is 11.8 Å². The van der Waals surface area contributed by atoms with E-state index in [4.69, 9.17) is 0 Å². The van der Waals surface area contributed by atoms with Crippen molar-refractivity contribution in [3.05, 3.63) is 15.6 Å². The number of nitrogens with zero attached hydrogens (tertiary/aromatic N) is 3. The second-order valence-electron chi connectivity index (χ2n) is 6.84. The van der Waals surface area contributed by atoms with Gasteiger partial charge in [0.1, 0.15) is 4.88 Å². The summed E-state index contributed by atoms with van der Waals surface area (Å²) in [6.07, 6.45) is 0.954. The first-order valence-electron chi connectivity index (χ1n) is 7.71. The van der Waals surface area contributed by atoms with Gasteiger partial charge in [0, 0.05) is 25.6 Å². The van der Waals surface area contributed by atoms with E-state index in [1.807, 2.05) is 11.8 Å². The molecule has 1 amide bonds. The molecule has 2 atom stereocenters. The molecule has 0 unspecified atom stereocenters. The highest BCUT2D eigenvalue weighted by Crippen LogP contribution is 2.26. The molecule has 5 heteroatoms. The van der Waals surface area contributed by atoms with Crippen LogP contribution in [0.3, 0.4) is 0 Å². The minimum absolute atomic E-state index is 0.163. The van der Waals surface area contributed by atoms with Gasteiger partial charge in [0.2, 0.25) is 0 Å². The average molecular weight is 309 g/mol. The highest BCUT2D eigenvalue weighted by atomic mass is 32.1. The molecule has 1 aliphatic rings. The van der Waals surface area contributed by atoms with E-state index >= 15 is 0 Å². The van der Waals surface area contributed by atoms with Gasteiger partial charge in [0.15, 0.2) is 0 Å². The van der Waals surface area contributed by atoms with Gasteiger partial charge >= 0.3 is 0 Å². The van der Waals surface area contributed by atoms with Gasteiger partial charge in [-0.25, -0.2) is 4.98 Å². The number of aryl methyl sites for hydroxylation is 1. The summed E-state index contributed by atoms with van der Waals surface area (Å²) in [6, 6.07) is 0.456. The SMILES string of the molecule is Cc1nc(CC(C)C)sc1C(=O)N1C[C@@H](C)[C@H](N(C)C)C1. The third kappa shape index (κ3) is 3.64. The number of likely N-dealkylation sites (N-methyl/N-ethyl adjacent to an activating group) is 1. The molecular formula is C16H27N3OS. The van der Waals surface area contributed by atoms with Crippen LogP contribution in [0.25, 0.3) is 0 Å².